The molecule has 1 aromatic rings. The molecule has 1 fully saturated rings. The van der Waals surface area contributed by atoms with Crippen molar-refractivity contribution in [2.45, 2.75) is 12.5 Å². The molecular weight excluding hydrogens is 245 g/mol. The standard InChI is InChI=1S/C12H13NO5.Li/c1-17-10-6-7(12(15)16)2-3-8(10)18-9-4-5-13-11(9)14;/h2-3,6,9H,4-5H2,1H3,(H,13,14)(H,15,16);/q;+1/p-1. The predicted octanol–water partition coefficient (Wildman–Crippen LogP) is -3.67. The third-order valence-corrected chi connectivity index (χ3v) is 2.67. The molecule has 0 bridgehead atoms. The summed E-state index contributed by atoms with van der Waals surface area (Å²) >= 11 is 0. The molecule has 96 valence electrons. The smallest absolute Gasteiger partial charge is 0.545 e. The molecule has 1 unspecified atom stereocenters. The fraction of sp³-hybridized carbons (Fsp3) is 0.333. The van der Waals surface area contributed by atoms with Crippen LogP contribution in [0.5, 0.6) is 11.5 Å². The summed E-state index contributed by atoms with van der Waals surface area (Å²) < 4.78 is 10.5. The minimum absolute atomic E-state index is 0. The zero-order chi connectivity index (χ0) is 13.1. The Morgan fingerprint density at radius 3 is 2.68 bits per heavy atom. The number of carbonyl (C=O) groups excluding carboxylic acids is 2. The van der Waals surface area contributed by atoms with Gasteiger partial charge < -0.3 is 24.7 Å². The summed E-state index contributed by atoms with van der Waals surface area (Å²) in [5.41, 5.74) is -0.00456. The summed E-state index contributed by atoms with van der Waals surface area (Å²) in [6, 6.07) is 4.10. The second kappa shape index (κ2) is 6.50. The van der Waals surface area contributed by atoms with E-state index in [4.69, 9.17) is 9.47 Å². The first-order valence-corrected chi connectivity index (χ1v) is 5.45. The van der Waals surface area contributed by atoms with Crippen molar-refractivity contribution in [3.05, 3.63) is 23.8 Å². The van der Waals surface area contributed by atoms with Crippen molar-refractivity contribution in [2.24, 2.45) is 0 Å². The van der Waals surface area contributed by atoms with Gasteiger partial charge in [0.25, 0.3) is 5.91 Å². The number of methoxy groups -OCH3 is 1. The molecule has 1 atom stereocenters. The van der Waals surface area contributed by atoms with Gasteiger partial charge in [-0.15, -0.1) is 0 Å². The van der Waals surface area contributed by atoms with E-state index in [0.717, 1.165) is 0 Å². The van der Waals surface area contributed by atoms with Crippen LogP contribution in [0.3, 0.4) is 0 Å². The normalized spacial score (nSPS) is 17.3. The summed E-state index contributed by atoms with van der Waals surface area (Å²) in [5.74, 6) is -0.875. The maximum Gasteiger partial charge on any atom is 1.00 e. The fourth-order valence-electron chi connectivity index (χ4n) is 1.73. The van der Waals surface area contributed by atoms with E-state index < -0.39 is 12.1 Å². The van der Waals surface area contributed by atoms with Gasteiger partial charge in [0.15, 0.2) is 17.6 Å². The monoisotopic (exact) mass is 257 g/mol. The van der Waals surface area contributed by atoms with Crippen molar-refractivity contribution in [2.75, 3.05) is 13.7 Å². The molecule has 1 aromatic carbocycles. The molecule has 6 nitrogen and oxygen atoms in total. The van der Waals surface area contributed by atoms with Gasteiger partial charge in [0.1, 0.15) is 0 Å². The Bertz CT molecular complexity index is 491. The zero-order valence-electron chi connectivity index (χ0n) is 10.8. The second-order valence-electron chi connectivity index (χ2n) is 3.84. The van der Waals surface area contributed by atoms with Crippen molar-refractivity contribution < 1.29 is 43.0 Å². The summed E-state index contributed by atoms with van der Waals surface area (Å²) in [6.45, 7) is 0.572. The van der Waals surface area contributed by atoms with Crippen LogP contribution in [-0.2, 0) is 4.79 Å². The molecule has 1 aliphatic heterocycles. The molecule has 1 N–H and O–H groups in total. The fourth-order valence-corrected chi connectivity index (χ4v) is 1.73. The number of amides is 1. The minimum atomic E-state index is -1.29. The zero-order valence-corrected chi connectivity index (χ0v) is 10.8. The number of hydrogen-bond acceptors (Lipinski definition) is 5. The van der Waals surface area contributed by atoms with Crippen molar-refractivity contribution in [1.29, 1.82) is 0 Å². The topological polar surface area (TPSA) is 87.7 Å². The van der Waals surface area contributed by atoms with Crippen LogP contribution >= 0.6 is 0 Å². The van der Waals surface area contributed by atoms with Gasteiger partial charge in [0, 0.05) is 18.5 Å². The van der Waals surface area contributed by atoms with Gasteiger partial charge in [0.05, 0.1) is 13.1 Å². The van der Waals surface area contributed by atoms with Gasteiger partial charge in [-0.3, -0.25) is 4.79 Å². The van der Waals surface area contributed by atoms with E-state index >= 15 is 0 Å². The SMILES string of the molecule is COc1cc(C(=O)[O-])ccc1OC1CCNC1=O.[Li+]. The van der Waals surface area contributed by atoms with E-state index in [0.29, 0.717) is 18.7 Å². The first kappa shape index (κ1) is 15.4. The van der Waals surface area contributed by atoms with Gasteiger partial charge in [-0.1, -0.05) is 0 Å². The van der Waals surface area contributed by atoms with E-state index in [2.05, 4.69) is 5.32 Å². The van der Waals surface area contributed by atoms with Crippen LogP contribution in [0.2, 0.25) is 0 Å². The molecule has 0 spiro atoms. The summed E-state index contributed by atoms with van der Waals surface area (Å²) in [6.07, 6.45) is 0.0113. The van der Waals surface area contributed by atoms with E-state index in [-0.39, 0.29) is 36.1 Å². The maximum atomic E-state index is 11.4. The van der Waals surface area contributed by atoms with E-state index in [1.54, 1.807) is 0 Å². The molecule has 1 heterocycles. The Kier molecular flexibility index (Phi) is 5.28. The molecule has 0 radical (unpaired) electrons. The van der Waals surface area contributed by atoms with E-state index in [1.807, 2.05) is 0 Å². The average molecular weight is 257 g/mol. The van der Waals surface area contributed by atoms with Gasteiger partial charge in [-0.25, -0.2) is 0 Å². The van der Waals surface area contributed by atoms with Crippen LogP contribution in [0, 0.1) is 0 Å². The van der Waals surface area contributed by atoms with E-state index in [9.17, 15) is 14.7 Å². The second-order valence-corrected chi connectivity index (χ2v) is 3.84. The van der Waals surface area contributed by atoms with Gasteiger partial charge in [0.2, 0.25) is 0 Å². The van der Waals surface area contributed by atoms with Crippen molar-refractivity contribution >= 4 is 11.9 Å². The van der Waals surface area contributed by atoms with Crippen molar-refractivity contribution in [3.8, 4) is 11.5 Å². The van der Waals surface area contributed by atoms with Crippen molar-refractivity contribution in [1.82, 2.24) is 5.32 Å². The first-order chi connectivity index (χ1) is 8.61. The largest absolute Gasteiger partial charge is 1.00 e. The van der Waals surface area contributed by atoms with Crippen LogP contribution in [0.1, 0.15) is 16.8 Å². The molecule has 0 aliphatic carbocycles. The average Bonchev–Trinajstić information content (AvgIpc) is 2.75. The maximum absolute atomic E-state index is 11.4. The number of carboxylic acid groups (broad SMARTS) is 1. The summed E-state index contributed by atoms with van der Waals surface area (Å²) in [4.78, 5) is 22.1. The van der Waals surface area contributed by atoms with Crippen LogP contribution in [0.25, 0.3) is 0 Å². The molecule has 0 aromatic heterocycles. The molecular formula is C12H12LiNO5. The molecule has 1 aliphatic rings. The molecule has 2 rings (SSSR count). The number of rotatable bonds is 4. The first-order valence-electron chi connectivity index (χ1n) is 5.45. The number of aromatic carboxylic acids is 1. The Balaban J connectivity index is 0.00000180. The molecule has 1 amide bonds. The number of ether oxygens (including phenoxy) is 2. The van der Waals surface area contributed by atoms with Gasteiger partial charge in [-0.05, 0) is 18.2 Å². The van der Waals surface area contributed by atoms with E-state index in [1.165, 1.54) is 25.3 Å². The summed E-state index contributed by atoms with van der Waals surface area (Å²) in [7, 11) is 1.40. The Hall–Kier alpha value is -1.64. The van der Waals surface area contributed by atoms with Crippen LogP contribution in [-0.4, -0.2) is 31.6 Å². The Morgan fingerprint density at radius 2 is 2.16 bits per heavy atom. The van der Waals surface area contributed by atoms with Crippen molar-refractivity contribution in [3.63, 3.8) is 0 Å². The minimum Gasteiger partial charge on any atom is -0.545 e. The quantitative estimate of drug-likeness (QED) is 0.561. The number of nitrogens with one attached hydrogen (secondary N) is 1. The third kappa shape index (κ3) is 3.43. The number of carbonyl (C=O) groups is 2. The van der Waals surface area contributed by atoms with Gasteiger partial charge in [-0.2, -0.15) is 0 Å². The third-order valence-electron chi connectivity index (χ3n) is 2.67. The number of carboxylic acids is 1. The number of hydrogen-bond donors (Lipinski definition) is 1. The van der Waals surface area contributed by atoms with Crippen LogP contribution in [0.4, 0.5) is 0 Å². The van der Waals surface area contributed by atoms with Crippen LogP contribution in [0.15, 0.2) is 18.2 Å². The Labute approximate surface area is 122 Å². The van der Waals surface area contributed by atoms with Crippen LogP contribution < -0.4 is 38.8 Å². The summed E-state index contributed by atoms with van der Waals surface area (Å²) in [5, 5.41) is 13.4. The van der Waals surface area contributed by atoms with Gasteiger partial charge >= 0.3 is 18.9 Å². The molecule has 0 saturated carbocycles. The molecule has 19 heavy (non-hydrogen) atoms. The molecule has 1 saturated heterocycles. The number of benzene rings is 1. The molecule has 7 heteroatoms. The Morgan fingerprint density at radius 1 is 1.42 bits per heavy atom. The predicted molar refractivity (Wildman–Crippen MR) is 59.4 cm³/mol.